The largest absolute Gasteiger partial charge is 0.364 e. The first-order chi connectivity index (χ1) is 14.3. The molecule has 0 bridgehead atoms. The summed E-state index contributed by atoms with van der Waals surface area (Å²) in [6.45, 7) is 0.956. The molecular formula is C25H21N3O. The Bertz CT molecular complexity index is 1170. The van der Waals surface area contributed by atoms with Gasteiger partial charge in [0, 0.05) is 29.7 Å². The van der Waals surface area contributed by atoms with E-state index in [1.807, 2.05) is 36.4 Å². The van der Waals surface area contributed by atoms with E-state index in [0.29, 0.717) is 5.69 Å². The predicted octanol–water partition coefficient (Wildman–Crippen LogP) is 5.98. The van der Waals surface area contributed by atoms with Crippen molar-refractivity contribution in [1.29, 1.82) is 0 Å². The molecule has 1 unspecified atom stereocenters. The summed E-state index contributed by atoms with van der Waals surface area (Å²) in [5.74, 6) is 0. The zero-order chi connectivity index (χ0) is 19.6. The minimum absolute atomic E-state index is 0.163. The molecule has 4 heteroatoms. The molecule has 0 saturated carbocycles. The third-order valence-electron chi connectivity index (χ3n) is 5.75. The number of fused-ring (bicyclic) bond motifs is 2. The van der Waals surface area contributed by atoms with Gasteiger partial charge < -0.3 is 4.90 Å². The number of nitrogens with zero attached hydrogens (tertiary/aromatic N) is 3. The number of aromatic nitrogens is 1. The zero-order valence-electron chi connectivity index (χ0n) is 16.0. The summed E-state index contributed by atoms with van der Waals surface area (Å²) in [5.41, 5.74) is 6.09. The van der Waals surface area contributed by atoms with Gasteiger partial charge in [-0.2, -0.15) is 0 Å². The van der Waals surface area contributed by atoms with Crippen LogP contribution >= 0.6 is 0 Å². The molecule has 0 radical (unpaired) electrons. The Balaban J connectivity index is 1.60. The van der Waals surface area contributed by atoms with E-state index < -0.39 is 0 Å². The Morgan fingerprint density at radius 3 is 2.55 bits per heavy atom. The van der Waals surface area contributed by atoms with Crippen molar-refractivity contribution in [3.8, 4) is 0 Å². The van der Waals surface area contributed by atoms with Crippen LogP contribution in [0.5, 0.6) is 0 Å². The Morgan fingerprint density at radius 2 is 1.69 bits per heavy atom. The Kier molecular flexibility index (Phi) is 4.53. The molecule has 1 aliphatic heterocycles. The third-order valence-corrected chi connectivity index (χ3v) is 5.75. The van der Waals surface area contributed by atoms with E-state index in [0.717, 1.165) is 36.0 Å². The van der Waals surface area contributed by atoms with Crippen LogP contribution in [0.1, 0.15) is 22.9 Å². The minimum Gasteiger partial charge on any atom is -0.364 e. The smallest absolute Gasteiger partial charge is 0.119 e. The fourth-order valence-electron chi connectivity index (χ4n) is 4.39. The van der Waals surface area contributed by atoms with Crippen LogP contribution in [-0.2, 0) is 12.8 Å². The number of rotatable bonds is 4. The summed E-state index contributed by atoms with van der Waals surface area (Å²) in [5, 5.41) is 4.07. The molecule has 4 nitrogen and oxygen atoms in total. The second-order valence-electron chi connectivity index (χ2n) is 7.44. The first-order valence-electron chi connectivity index (χ1n) is 9.95. The maximum Gasteiger partial charge on any atom is 0.119 e. The lowest BCUT2D eigenvalue weighted by atomic mass is 9.89. The molecule has 0 spiro atoms. The van der Waals surface area contributed by atoms with Crippen molar-refractivity contribution in [2.24, 2.45) is 5.18 Å². The summed E-state index contributed by atoms with van der Waals surface area (Å²) in [7, 11) is 0. The number of para-hydroxylation sites is 2. The van der Waals surface area contributed by atoms with Gasteiger partial charge in [-0.3, -0.25) is 4.98 Å². The van der Waals surface area contributed by atoms with Crippen molar-refractivity contribution in [2.75, 3.05) is 11.4 Å². The van der Waals surface area contributed by atoms with Crippen molar-refractivity contribution in [3.63, 3.8) is 0 Å². The van der Waals surface area contributed by atoms with Crippen LogP contribution in [0.4, 0.5) is 11.4 Å². The molecule has 1 aliphatic rings. The summed E-state index contributed by atoms with van der Waals surface area (Å²) >= 11 is 0. The van der Waals surface area contributed by atoms with Crippen molar-refractivity contribution >= 4 is 22.3 Å². The Morgan fingerprint density at radius 1 is 0.931 bits per heavy atom. The first-order valence-corrected chi connectivity index (χ1v) is 9.95. The number of benzene rings is 3. The summed E-state index contributed by atoms with van der Waals surface area (Å²) in [4.78, 5) is 18.8. The molecule has 0 saturated heterocycles. The molecule has 2 heterocycles. The van der Waals surface area contributed by atoms with Gasteiger partial charge in [0.1, 0.15) is 5.69 Å². The van der Waals surface area contributed by atoms with Crippen molar-refractivity contribution in [3.05, 3.63) is 107 Å². The summed E-state index contributed by atoms with van der Waals surface area (Å²) < 4.78 is 0. The van der Waals surface area contributed by atoms with Crippen LogP contribution < -0.4 is 4.90 Å². The molecule has 0 N–H and O–H groups in total. The van der Waals surface area contributed by atoms with Gasteiger partial charge in [0.25, 0.3) is 0 Å². The fraction of sp³-hybridized carbons (Fsp3) is 0.160. The number of pyridine rings is 1. The van der Waals surface area contributed by atoms with Gasteiger partial charge in [-0.25, -0.2) is 0 Å². The Hall–Kier alpha value is -3.53. The third kappa shape index (κ3) is 3.27. The zero-order valence-corrected chi connectivity index (χ0v) is 16.0. The number of nitroso groups, excluding NO2 is 1. The average Bonchev–Trinajstić information content (AvgIpc) is 2.79. The minimum atomic E-state index is 0.163. The van der Waals surface area contributed by atoms with Gasteiger partial charge in [0.15, 0.2) is 0 Å². The second kappa shape index (κ2) is 7.47. The van der Waals surface area contributed by atoms with E-state index in [4.69, 9.17) is 4.98 Å². The van der Waals surface area contributed by atoms with E-state index in [2.05, 4.69) is 58.6 Å². The Labute approximate surface area is 169 Å². The average molecular weight is 379 g/mol. The number of hydrogen-bond donors (Lipinski definition) is 0. The molecule has 1 aromatic heterocycles. The van der Waals surface area contributed by atoms with Crippen LogP contribution in [-0.4, -0.2) is 11.5 Å². The normalized spacial score (nSPS) is 15.9. The molecule has 29 heavy (non-hydrogen) atoms. The highest BCUT2D eigenvalue weighted by molar-refractivity contribution is 5.89. The highest BCUT2D eigenvalue weighted by atomic mass is 16.3. The highest BCUT2D eigenvalue weighted by Gasteiger charge is 2.28. The quantitative estimate of drug-likeness (QED) is 0.410. The van der Waals surface area contributed by atoms with Gasteiger partial charge in [-0.15, -0.1) is 4.91 Å². The number of hydrogen-bond acceptors (Lipinski definition) is 4. The van der Waals surface area contributed by atoms with Crippen molar-refractivity contribution in [1.82, 2.24) is 4.98 Å². The van der Waals surface area contributed by atoms with Crippen LogP contribution in [0.25, 0.3) is 10.9 Å². The fourth-order valence-corrected chi connectivity index (χ4v) is 4.39. The van der Waals surface area contributed by atoms with Crippen LogP contribution in [0, 0.1) is 4.91 Å². The predicted molar refractivity (Wildman–Crippen MR) is 118 cm³/mol. The van der Waals surface area contributed by atoms with Crippen LogP contribution in [0.2, 0.25) is 0 Å². The lowest BCUT2D eigenvalue weighted by molar-refractivity contribution is 0.574. The van der Waals surface area contributed by atoms with E-state index in [-0.39, 0.29) is 6.04 Å². The molecule has 1 atom stereocenters. The van der Waals surface area contributed by atoms with E-state index in [9.17, 15) is 4.91 Å². The van der Waals surface area contributed by atoms with Crippen molar-refractivity contribution < 1.29 is 0 Å². The molecular weight excluding hydrogens is 358 g/mol. The monoisotopic (exact) mass is 379 g/mol. The molecule has 142 valence electrons. The summed E-state index contributed by atoms with van der Waals surface area (Å²) in [6.07, 6.45) is 1.74. The molecule has 4 aromatic rings. The maximum atomic E-state index is 11.5. The lowest BCUT2D eigenvalue weighted by Crippen LogP contribution is -2.36. The lowest BCUT2D eigenvalue weighted by Gasteiger charge is -2.39. The number of anilines is 1. The molecule has 0 amide bonds. The van der Waals surface area contributed by atoms with Gasteiger partial charge >= 0.3 is 0 Å². The standard InChI is InChI=1S/C25H21N3O/c29-27-24-16-19(26-23-13-7-6-12-22(23)24)17-25-21-11-5-4-8-18(21)14-15-28(25)20-9-2-1-3-10-20/h1-13,16,25H,14-15,17H2. The molecule has 5 rings (SSSR count). The first kappa shape index (κ1) is 17.6. The van der Waals surface area contributed by atoms with Gasteiger partial charge in [0.05, 0.1) is 11.6 Å². The van der Waals surface area contributed by atoms with Gasteiger partial charge in [-0.05, 0) is 47.0 Å². The SMILES string of the molecule is O=Nc1cc(CC2c3ccccc3CCN2c2ccccc2)nc2ccccc12. The van der Waals surface area contributed by atoms with E-state index in [1.54, 1.807) is 0 Å². The van der Waals surface area contributed by atoms with Crippen LogP contribution in [0.15, 0.2) is 90.1 Å². The van der Waals surface area contributed by atoms with Crippen molar-refractivity contribution in [2.45, 2.75) is 18.9 Å². The summed E-state index contributed by atoms with van der Waals surface area (Å²) in [6, 6.07) is 28.9. The van der Waals surface area contributed by atoms with Crippen LogP contribution in [0.3, 0.4) is 0 Å². The molecule has 0 aliphatic carbocycles. The maximum absolute atomic E-state index is 11.5. The van der Waals surface area contributed by atoms with E-state index >= 15 is 0 Å². The van der Waals surface area contributed by atoms with Gasteiger partial charge in [0.2, 0.25) is 0 Å². The van der Waals surface area contributed by atoms with E-state index in [1.165, 1.54) is 16.8 Å². The second-order valence-corrected chi connectivity index (χ2v) is 7.44. The van der Waals surface area contributed by atoms with Gasteiger partial charge in [-0.1, -0.05) is 60.7 Å². The molecule has 3 aromatic carbocycles. The topological polar surface area (TPSA) is 45.6 Å². The highest BCUT2D eigenvalue weighted by Crippen LogP contribution is 2.36. The molecule has 0 fully saturated rings.